The molecule has 2 rings (SSSR count). The van der Waals surface area contributed by atoms with E-state index in [1.54, 1.807) is 24.3 Å². The number of nitrogens with zero attached hydrogens (tertiary/aromatic N) is 1. The van der Waals surface area contributed by atoms with Crippen molar-refractivity contribution in [3.05, 3.63) is 34.9 Å². The highest BCUT2D eigenvalue weighted by molar-refractivity contribution is 7.92. The number of carbonyl (C=O) groups is 1. The van der Waals surface area contributed by atoms with Gasteiger partial charge in [-0.25, -0.2) is 8.42 Å². The lowest BCUT2D eigenvalue weighted by atomic mass is 10.0. The minimum absolute atomic E-state index is 0.0843. The van der Waals surface area contributed by atoms with Crippen molar-refractivity contribution < 1.29 is 13.2 Å². The molecule has 0 N–H and O–H groups in total. The molecule has 1 aliphatic rings. The van der Waals surface area contributed by atoms with Crippen molar-refractivity contribution in [3.8, 4) is 6.07 Å². The Morgan fingerprint density at radius 3 is 2.42 bits per heavy atom. The predicted octanol–water partition coefficient (Wildman–Crippen LogP) is 1.95. The molecular weight excluding hydrogens is 286 g/mol. The first kappa shape index (κ1) is 14.0. The third-order valence-electron chi connectivity index (χ3n) is 3.59. The molecule has 1 aromatic rings. The monoisotopic (exact) mass is 297 g/mol. The molecule has 4 nitrogen and oxygen atoms in total. The number of carbonyl (C=O) groups excluding carboxylic acids is 1. The lowest BCUT2D eigenvalue weighted by Gasteiger charge is -2.00. The number of nitriles is 1. The van der Waals surface area contributed by atoms with E-state index < -0.39 is 26.4 Å². The molecule has 0 radical (unpaired) electrons. The molecule has 100 valence electrons. The minimum atomic E-state index is -3.45. The van der Waals surface area contributed by atoms with E-state index in [1.807, 2.05) is 6.07 Å². The molecule has 0 bridgehead atoms. The van der Waals surface area contributed by atoms with Crippen molar-refractivity contribution in [3.63, 3.8) is 0 Å². The standard InChI is InChI=1S/C13H12ClNO3S/c1-2-19(17,18)12-11(13(12,7-15)8-16)9-3-5-10(14)6-4-9/h3-6,8,11-12H,2H2,1H3/t11-,12+,13+/m0/s1. The van der Waals surface area contributed by atoms with Crippen LogP contribution in [-0.2, 0) is 14.6 Å². The van der Waals surface area contributed by atoms with Gasteiger partial charge in [0.05, 0.1) is 11.3 Å². The van der Waals surface area contributed by atoms with Crippen molar-refractivity contribution in [2.75, 3.05) is 5.75 Å². The highest BCUT2D eigenvalue weighted by Crippen LogP contribution is 2.61. The third kappa shape index (κ3) is 2.05. The highest BCUT2D eigenvalue weighted by atomic mass is 35.5. The van der Waals surface area contributed by atoms with E-state index in [9.17, 15) is 18.5 Å². The Bertz CT molecular complexity index is 647. The summed E-state index contributed by atoms with van der Waals surface area (Å²) in [5, 5.41) is 8.77. The Morgan fingerprint density at radius 1 is 1.42 bits per heavy atom. The summed E-state index contributed by atoms with van der Waals surface area (Å²) in [5.74, 6) is -0.684. The maximum atomic E-state index is 12.0. The van der Waals surface area contributed by atoms with E-state index in [1.165, 1.54) is 6.92 Å². The molecule has 3 atom stereocenters. The van der Waals surface area contributed by atoms with Crippen molar-refractivity contribution in [2.45, 2.75) is 18.1 Å². The SMILES string of the molecule is CCS(=O)(=O)[C@@H]1[C@H](c2ccc(Cl)cc2)[C@@]1(C#N)C=O. The summed E-state index contributed by atoms with van der Waals surface area (Å²) in [5.41, 5.74) is -0.803. The molecule has 0 aromatic heterocycles. The average Bonchev–Trinajstić information content (AvgIpc) is 3.10. The zero-order chi connectivity index (χ0) is 14.3. The molecular formula is C13H12ClNO3S. The van der Waals surface area contributed by atoms with Crippen LogP contribution in [0, 0.1) is 16.7 Å². The van der Waals surface area contributed by atoms with Crippen LogP contribution in [0.4, 0.5) is 0 Å². The molecule has 0 amide bonds. The number of rotatable bonds is 4. The maximum Gasteiger partial charge on any atom is 0.155 e. The first-order valence-corrected chi connectivity index (χ1v) is 7.87. The Balaban J connectivity index is 2.49. The first-order chi connectivity index (χ1) is 8.93. The van der Waals surface area contributed by atoms with Crippen LogP contribution in [-0.4, -0.2) is 25.7 Å². The van der Waals surface area contributed by atoms with Gasteiger partial charge < -0.3 is 4.79 Å². The van der Waals surface area contributed by atoms with Gasteiger partial charge in [0, 0.05) is 16.7 Å². The molecule has 19 heavy (non-hydrogen) atoms. The van der Waals surface area contributed by atoms with Crippen LogP contribution in [0.15, 0.2) is 24.3 Å². The second-order valence-electron chi connectivity index (χ2n) is 4.56. The smallest absolute Gasteiger partial charge is 0.155 e. The van der Waals surface area contributed by atoms with Crippen LogP contribution in [0.2, 0.25) is 5.02 Å². The van der Waals surface area contributed by atoms with E-state index >= 15 is 0 Å². The van der Waals surface area contributed by atoms with E-state index in [-0.39, 0.29) is 5.75 Å². The number of hydrogen-bond acceptors (Lipinski definition) is 4. The molecule has 0 heterocycles. The van der Waals surface area contributed by atoms with Gasteiger partial charge in [-0.1, -0.05) is 30.7 Å². The van der Waals surface area contributed by atoms with Crippen molar-refractivity contribution in [1.82, 2.24) is 0 Å². The first-order valence-electron chi connectivity index (χ1n) is 5.77. The number of aldehydes is 1. The maximum absolute atomic E-state index is 12.0. The van der Waals surface area contributed by atoms with Gasteiger partial charge in [0.15, 0.2) is 9.84 Å². The third-order valence-corrected chi connectivity index (χ3v) is 6.08. The van der Waals surface area contributed by atoms with Gasteiger partial charge in [-0.05, 0) is 17.7 Å². The van der Waals surface area contributed by atoms with Gasteiger partial charge >= 0.3 is 0 Å². The zero-order valence-corrected chi connectivity index (χ0v) is 11.8. The fourth-order valence-corrected chi connectivity index (χ4v) is 4.53. The van der Waals surface area contributed by atoms with E-state index in [0.29, 0.717) is 16.9 Å². The lowest BCUT2D eigenvalue weighted by molar-refractivity contribution is -0.110. The molecule has 0 spiro atoms. The zero-order valence-electron chi connectivity index (χ0n) is 10.2. The van der Waals surface area contributed by atoms with Crippen LogP contribution in [0.5, 0.6) is 0 Å². The minimum Gasteiger partial charge on any atom is -0.302 e. The highest BCUT2D eigenvalue weighted by Gasteiger charge is 2.72. The van der Waals surface area contributed by atoms with Crippen LogP contribution < -0.4 is 0 Å². The van der Waals surface area contributed by atoms with E-state index in [2.05, 4.69) is 0 Å². The Morgan fingerprint density at radius 2 is 2.00 bits per heavy atom. The number of sulfone groups is 1. The van der Waals surface area contributed by atoms with Crippen LogP contribution in [0.3, 0.4) is 0 Å². The van der Waals surface area contributed by atoms with Crippen molar-refractivity contribution in [1.29, 1.82) is 5.26 Å². The molecule has 0 saturated heterocycles. The normalized spacial score (nSPS) is 29.5. The van der Waals surface area contributed by atoms with E-state index in [0.717, 1.165) is 0 Å². The number of benzene rings is 1. The van der Waals surface area contributed by atoms with Gasteiger partial charge in [0.2, 0.25) is 0 Å². The fraction of sp³-hybridized carbons (Fsp3) is 0.385. The Kier molecular flexibility index (Phi) is 3.41. The number of halogens is 1. The van der Waals surface area contributed by atoms with Crippen LogP contribution >= 0.6 is 11.6 Å². The number of hydrogen-bond donors (Lipinski definition) is 0. The fourth-order valence-electron chi connectivity index (χ4n) is 2.48. The van der Waals surface area contributed by atoms with Gasteiger partial charge in [-0.3, -0.25) is 0 Å². The second kappa shape index (κ2) is 4.62. The van der Waals surface area contributed by atoms with Gasteiger partial charge in [0.25, 0.3) is 0 Å². The van der Waals surface area contributed by atoms with Crippen LogP contribution in [0.25, 0.3) is 0 Å². The molecule has 1 fully saturated rings. The van der Waals surface area contributed by atoms with E-state index in [4.69, 9.17) is 11.6 Å². The van der Waals surface area contributed by atoms with Crippen molar-refractivity contribution in [2.24, 2.45) is 5.41 Å². The predicted molar refractivity (Wildman–Crippen MR) is 71.6 cm³/mol. The summed E-state index contributed by atoms with van der Waals surface area (Å²) in [4.78, 5) is 11.2. The van der Waals surface area contributed by atoms with Gasteiger partial charge in [-0.2, -0.15) is 5.26 Å². The summed E-state index contributed by atoms with van der Waals surface area (Å²) < 4.78 is 24.0. The molecule has 0 aliphatic heterocycles. The van der Waals surface area contributed by atoms with Gasteiger partial charge in [0.1, 0.15) is 11.7 Å². The topological polar surface area (TPSA) is 75.0 Å². The molecule has 6 heteroatoms. The quantitative estimate of drug-likeness (QED) is 0.796. The Hall–Kier alpha value is -1.38. The summed E-state index contributed by atoms with van der Waals surface area (Å²) >= 11 is 5.78. The molecule has 1 aliphatic carbocycles. The Labute approximate surface area is 116 Å². The van der Waals surface area contributed by atoms with Gasteiger partial charge in [-0.15, -0.1) is 0 Å². The van der Waals surface area contributed by atoms with Crippen LogP contribution in [0.1, 0.15) is 18.4 Å². The van der Waals surface area contributed by atoms with Crippen molar-refractivity contribution >= 4 is 27.7 Å². The average molecular weight is 298 g/mol. The largest absolute Gasteiger partial charge is 0.302 e. The summed E-state index contributed by atoms with van der Waals surface area (Å²) in [6, 6.07) is 8.44. The molecule has 1 aromatic carbocycles. The molecule has 1 saturated carbocycles. The lowest BCUT2D eigenvalue weighted by Crippen LogP contribution is -2.17. The summed E-state index contributed by atoms with van der Waals surface area (Å²) in [6.07, 6.45) is 0.462. The summed E-state index contributed by atoms with van der Waals surface area (Å²) in [6.45, 7) is 1.51. The summed E-state index contributed by atoms with van der Waals surface area (Å²) in [7, 11) is -3.45. The molecule has 0 unspecified atom stereocenters. The second-order valence-corrected chi connectivity index (χ2v) is 7.41.